The predicted octanol–water partition coefficient (Wildman–Crippen LogP) is 4.49. The van der Waals surface area contributed by atoms with E-state index in [0.29, 0.717) is 38.5 Å². The Morgan fingerprint density at radius 3 is 2.31 bits per heavy atom. The van der Waals surface area contributed by atoms with Crippen molar-refractivity contribution in [2.24, 2.45) is 0 Å². The molecule has 1 amide bonds. The molecule has 0 unspecified atom stereocenters. The molecular weight excluding hydrogens is 534 g/mol. The molecule has 0 radical (unpaired) electrons. The zero-order chi connectivity index (χ0) is 27.7. The number of hydrogen-bond acceptors (Lipinski definition) is 5. The smallest absolute Gasteiger partial charge is 0.241 e. The number of piperazine rings is 1. The minimum Gasteiger partial charge on any atom is -0.492 e. The van der Waals surface area contributed by atoms with Crippen LogP contribution in [0.1, 0.15) is 18.1 Å². The first-order valence-electron chi connectivity index (χ1n) is 13.1. The highest BCUT2D eigenvalue weighted by atomic mass is 35.5. The molecule has 7 nitrogen and oxygen atoms in total. The topological polar surface area (TPSA) is 78.9 Å². The van der Waals surface area contributed by atoms with Crippen LogP contribution in [0.25, 0.3) is 6.08 Å². The Balaban J connectivity index is 1.43. The van der Waals surface area contributed by atoms with E-state index in [0.717, 1.165) is 17.7 Å². The highest BCUT2D eigenvalue weighted by Gasteiger charge is 2.31. The summed E-state index contributed by atoms with van der Waals surface area (Å²) in [5.41, 5.74) is 2.02. The second-order valence-corrected chi connectivity index (χ2v) is 11.4. The minimum atomic E-state index is -4.02. The van der Waals surface area contributed by atoms with Gasteiger partial charge in [-0.25, -0.2) is 8.42 Å². The number of nitrogens with one attached hydrogen (secondary N) is 1. The van der Waals surface area contributed by atoms with E-state index < -0.39 is 16.1 Å². The monoisotopic (exact) mass is 567 g/mol. The molecule has 4 rings (SSSR count). The van der Waals surface area contributed by atoms with Gasteiger partial charge in [-0.05, 0) is 42.7 Å². The number of halogens is 1. The molecule has 0 saturated carbocycles. The van der Waals surface area contributed by atoms with Crippen molar-refractivity contribution in [2.75, 3.05) is 39.3 Å². The maximum absolute atomic E-state index is 13.6. The summed E-state index contributed by atoms with van der Waals surface area (Å²) < 4.78 is 34.7. The lowest BCUT2D eigenvalue weighted by Gasteiger charge is -2.36. The quantitative estimate of drug-likeness (QED) is 0.369. The molecule has 1 fully saturated rings. The molecule has 1 atom stereocenters. The summed E-state index contributed by atoms with van der Waals surface area (Å²) in [7, 11) is -4.02. The molecule has 1 aliphatic rings. The van der Waals surface area contributed by atoms with E-state index in [-0.39, 0.29) is 22.2 Å². The fourth-order valence-corrected chi connectivity index (χ4v) is 5.99. The lowest BCUT2D eigenvalue weighted by atomic mass is 10.1. The molecule has 3 aromatic carbocycles. The van der Waals surface area contributed by atoms with Crippen LogP contribution in [0.3, 0.4) is 0 Å². The van der Waals surface area contributed by atoms with Crippen LogP contribution >= 0.6 is 11.6 Å². The first-order chi connectivity index (χ1) is 18.9. The molecule has 1 aliphatic heterocycles. The Labute approximate surface area is 236 Å². The van der Waals surface area contributed by atoms with Gasteiger partial charge in [0, 0.05) is 32.7 Å². The van der Waals surface area contributed by atoms with Crippen molar-refractivity contribution in [3.63, 3.8) is 0 Å². The summed E-state index contributed by atoms with van der Waals surface area (Å²) in [5, 5.41) is 0.197. The number of sulfonamides is 1. The largest absolute Gasteiger partial charge is 0.492 e. The van der Waals surface area contributed by atoms with E-state index >= 15 is 0 Å². The van der Waals surface area contributed by atoms with Gasteiger partial charge in [-0.1, -0.05) is 84.4 Å². The van der Waals surface area contributed by atoms with Gasteiger partial charge in [0.25, 0.3) is 0 Å². The fourth-order valence-electron chi connectivity index (χ4n) is 4.48. The predicted molar refractivity (Wildman–Crippen MR) is 155 cm³/mol. The number of benzene rings is 3. The summed E-state index contributed by atoms with van der Waals surface area (Å²) in [4.78, 5) is 17.7. The van der Waals surface area contributed by atoms with Crippen LogP contribution in [0.2, 0.25) is 5.02 Å². The van der Waals surface area contributed by atoms with E-state index in [9.17, 15) is 13.2 Å². The van der Waals surface area contributed by atoms with Crippen LogP contribution in [-0.2, 0) is 21.2 Å². The number of amides is 1. The van der Waals surface area contributed by atoms with Crippen LogP contribution in [0.15, 0.2) is 89.8 Å². The summed E-state index contributed by atoms with van der Waals surface area (Å²) >= 11 is 6.25. The van der Waals surface area contributed by atoms with E-state index in [1.807, 2.05) is 55.5 Å². The Morgan fingerprint density at radius 2 is 1.67 bits per heavy atom. The van der Waals surface area contributed by atoms with E-state index in [1.54, 1.807) is 4.90 Å². The molecule has 3 aromatic rings. The van der Waals surface area contributed by atoms with Gasteiger partial charge in [-0.15, -0.1) is 0 Å². The third-order valence-corrected chi connectivity index (χ3v) is 8.31. The fraction of sp³-hybridized carbons (Fsp3) is 0.300. The summed E-state index contributed by atoms with van der Waals surface area (Å²) in [5.74, 6) is 0.172. The van der Waals surface area contributed by atoms with E-state index in [2.05, 4.69) is 33.9 Å². The third kappa shape index (κ3) is 8.16. The maximum atomic E-state index is 13.6. The van der Waals surface area contributed by atoms with Crippen molar-refractivity contribution in [3.8, 4) is 5.75 Å². The SMILES string of the molecule is CCOc1ccc(S(=O)(=O)N[C@H](Cc2ccccc2)C(=O)N2CCN(C/C=C/c3ccccc3)CC2)cc1Cl. The molecular formula is C30H34ClN3O4S. The van der Waals surface area contributed by atoms with Gasteiger partial charge in [0.15, 0.2) is 0 Å². The number of ether oxygens (including phenoxy) is 1. The molecule has 0 aromatic heterocycles. The molecule has 0 bridgehead atoms. The van der Waals surface area contributed by atoms with Gasteiger partial charge in [0.05, 0.1) is 16.5 Å². The van der Waals surface area contributed by atoms with Gasteiger partial charge in [0.2, 0.25) is 15.9 Å². The number of carbonyl (C=O) groups excluding carboxylic acids is 1. The highest BCUT2D eigenvalue weighted by Crippen LogP contribution is 2.27. The van der Waals surface area contributed by atoms with Gasteiger partial charge in [0.1, 0.15) is 11.8 Å². The van der Waals surface area contributed by atoms with Crippen molar-refractivity contribution in [1.29, 1.82) is 0 Å². The van der Waals surface area contributed by atoms with Crippen LogP contribution in [-0.4, -0.2) is 69.5 Å². The molecule has 0 spiro atoms. The first-order valence-corrected chi connectivity index (χ1v) is 14.9. The molecule has 1 heterocycles. The van der Waals surface area contributed by atoms with Crippen LogP contribution in [0.4, 0.5) is 0 Å². The lowest BCUT2D eigenvalue weighted by molar-refractivity contribution is -0.134. The standard InChI is InChI=1S/C30H34ClN3O4S/c1-2-38-29-16-15-26(23-27(29)31)39(36,37)32-28(22-25-12-7-4-8-13-25)30(35)34-20-18-33(19-21-34)17-9-14-24-10-5-3-6-11-24/h3-16,23,28,32H,2,17-22H2,1H3/b14-9+/t28-/m1/s1. The van der Waals surface area contributed by atoms with Gasteiger partial charge < -0.3 is 9.64 Å². The molecule has 39 heavy (non-hydrogen) atoms. The molecule has 1 N–H and O–H groups in total. The lowest BCUT2D eigenvalue weighted by Crippen LogP contribution is -2.55. The minimum absolute atomic E-state index is 0.0168. The van der Waals surface area contributed by atoms with E-state index in [1.165, 1.54) is 18.2 Å². The number of nitrogens with zero attached hydrogens (tertiary/aromatic N) is 2. The average Bonchev–Trinajstić information content (AvgIpc) is 2.95. The van der Waals surface area contributed by atoms with E-state index in [4.69, 9.17) is 16.3 Å². The van der Waals surface area contributed by atoms with Crippen molar-refractivity contribution in [2.45, 2.75) is 24.3 Å². The summed E-state index contributed by atoms with van der Waals surface area (Å²) in [6, 6.07) is 22.9. The van der Waals surface area contributed by atoms with Crippen LogP contribution in [0, 0.1) is 0 Å². The number of carbonyl (C=O) groups is 1. The van der Waals surface area contributed by atoms with Gasteiger partial charge in [-0.3, -0.25) is 9.69 Å². The molecule has 9 heteroatoms. The van der Waals surface area contributed by atoms with Crippen molar-refractivity contribution in [3.05, 3.63) is 101 Å². The second kappa shape index (κ2) is 13.8. The Kier molecular flexibility index (Phi) is 10.2. The second-order valence-electron chi connectivity index (χ2n) is 9.33. The molecule has 1 saturated heterocycles. The zero-order valence-corrected chi connectivity index (χ0v) is 23.6. The number of hydrogen-bond donors (Lipinski definition) is 1. The van der Waals surface area contributed by atoms with Crippen molar-refractivity contribution in [1.82, 2.24) is 14.5 Å². The average molecular weight is 568 g/mol. The highest BCUT2D eigenvalue weighted by molar-refractivity contribution is 7.89. The zero-order valence-electron chi connectivity index (χ0n) is 22.0. The Morgan fingerprint density at radius 1 is 1.00 bits per heavy atom. The Hall–Kier alpha value is -3.17. The van der Waals surface area contributed by atoms with Gasteiger partial charge in [-0.2, -0.15) is 4.72 Å². The molecule has 206 valence electrons. The summed E-state index contributed by atoms with van der Waals surface area (Å²) in [6.45, 7) is 5.50. The van der Waals surface area contributed by atoms with Crippen LogP contribution in [0.5, 0.6) is 5.75 Å². The number of rotatable bonds is 11. The van der Waals surface area contributed by atoms with Crippen LogP contribution < -0.4 is 9.46 Å². The molecule has 0 aliphatic carbocycles. The normalized spacial score (nSPS) is 15.4. The Bertz CT molecular complexity index is 1360. The maximum Gasteiger partial charge on any atom is 0.241 e. The van der Waals surface area contributed by atoms with Crippen molar-refractivity contribution < 1.29 is 17.9 Å². The van der Waals surface area contributed by atoms with Gasteiger partial charge >= 0.3 is 0 Å². The van der Waals surface area contributed by atoms with Crippen molar-refractivity contribution >= 4 is 33.6 Å². The third-order valence-electron chi connectivity index (χ3n) is 6.55. The summed E-state index contributed by atoms with van der Waals surface area (Å²) in [6.07, 6.45) is 4.46. The first kappa shape index (κ1) is 28.8.